The van der Waals surface area contributed by atoms with Gasteiger partial charge in [0, 0.05) is 36.1 Å². The lowest BCUT2D eigenvalue weighted by Gasteiger charge is -2.23. The second-order valence-electron chi connectivity index (χ2n) is 9.76. The molecule has 1 saturated heterocycles. The van der Waals surface area contributed by atoms with Crippen molar-refractivity contribution in [2.24, 2.45) is 11.8 Å². The average Bonchev–Trinajstić information content (AvgIpc) is 3.08. The number of aryl methyl sites for hydroxylation is 3. The molecule has 3 heterocycles. The highest BCUT2D eigenvalue weighted by Gasteiger charge is 2.66. The van der Waals surface area contributed by atoms with Gasteiger partial charge < -0.3 is 4.90 Å². The SMILES string of the molecule is Cc1nc(-c2cn(CCCN3C[C@@H]4[C@H](C)[C@]4(c4ccc(C(F)(F)F)cc4)C3)c(=O)[nH]c2=O)sc1C. The Morgan fingerprint density at radius 1 is 1.17 bits per heavy atom. The molecular formula is C25H27F3N4O2S. The van der Waals surface area contributed by atoms with E-state index in [9.17, 15) is 22.8 Å². The van der Waals surface area contributed by atoms with Gasteiger partial charge in [0.2, 0.25) is 0 Å². The lowest BCUT2D eigenvalue weighted by Crippen LogP contribution is -2.33. The summed E-state index contributed by atoms with van der Waals surface area (Å²) in [4.78, 5) is 34.9. The zero-order valence-electron chi connectivity index (χ0n) is 19.8. The van der Waals surface area contributed by atoms with Crippen LogP contribution in [0.3, 0.4) is 0 Å². The minimum atomic E-state index is -4.33. The monoisotopic (exact) mass is 504 g/mol. The lowest BCUT2D eigenvalue weighted by molar-refractivity contribution is -0.137. The lowest BCUT2D eigenvalue weighted by atomic mass is 9.92. The van der Waals surface area contributed by atoms with E-state index in [4.69, 9.17) is 0 Å². The van der Waals surface area contributed by atoms with Crippen LogP contribution in [0.5, 0.6) is 0 Å². The number of nitrogens with one attached hydrogen (secondary N) is 1. The normalized spacial score (nSPS) is 24.1. The quantitative estimate of drug-likeness (QED) is 0.546. The van der Waals surface area contributed by atoms with Crippen LogP contribution in [0.2, 0.25) is 0 Å². The van der Waals surface area contributed by atoms with Crippen molar-refractivity contribution in [2.45, 2.75) is 45.3 Å². The van der Waals surface area contributed by atoms with Gasteiger partial charge in [0.15, 0.2) is 0 Å². The highest BCUT2D eigenvalue weighted by atomic mass is 32.1. The second kappa shape index (κ2) is 8.44. The highest BCUT2D eigenvalue weighted by molar-refractivity contribution is 7.15. The van der Waals surface area contributed by atoms with E-state index in [1.165, 1.54) is 28.0 Å². The van der Waals surface area contributed by atoms with Gasteiger partial charge in [-0.2, -0.15) is 13.2 Å². The molecule has 1 aromatic carbocycles. The molecule has 1 aliphatic heterocycles. The first kappa shape index (κ1) is 24.0. The Balaban J connectivity index is 1.25. The van der Waals surface area contributed by atoms with Gasteiger partial charge in [-0.05, 0) is 56.3 Å². The number of benzene rings is 1. The van der Waals surface area contributed by atoms with Gasteiger partial charge in [0.25, 0.3) is 5.56 Å². The molecule has 0 spiro atoms. The molecule has 2 aliphatic rings. The fourth-order valence-electron chi connectivity index (χ4n) is 5.61. The van der Waals surface area contributed by atoms with Crippen LogP contribution < -0.4 is 11.2 Å². The van der Waals surface area contributed by atoms with Gasteiger partial charge in [-0.3, -0.25) is 14.3 Å². The number of hydrogen-bond donors (Lipinski definition) is 1. The van der Waals surface area contributed by atoms with E-state index < -0.39 is 23.0 Å². The third kappa shape index (κ3) is 4.16. The summed E-state index contributed by atoms with van der Waals surface area (Å²) >= 11 is 1.43. The molecule has 10 heteroatoms. The Bertz CT molecular complexity index is 1360. The number of thiazole rings is 1. The molecule has 3 atom stereocenters. The van der Waals surface area contributed by atoms with Crippen molar-refractivity contribution in [1.29, 1.82) is 0 Å². The molecule has 3 aromatic rings. The van der Waals surface area contributed by atoms with Crippen LogP contribution in [-0.4, -0.2) is 39.1 Å². The standard InChI is InChI=1S/C25H27F3N4O2S/c1-14-20-12-31(13-24(14,20)17-5-7-18(8-6-17)25(26,27)28)9-4-10-32-11-19(21(33)30-23(32)34)22-29-15(2)16(3)35-22/h5-8,11,14,20H,4,9-10,12-13H2,1-3H3,(H,30,33,34)/t14-,20+,24-/m0/s1. The second-order valence-corrected chi connectivity index (χ2v) is 11.0. The summed E-state index contributed by atoms with van der Waals surface area (Å²) in [7, 11) is 0. The zero-order chi connectivity index (χ0) is 25.1. The third-order valence-corrected chi connectivity index (χ3v) is 8.91. The van der Waals surface area contributed by atoms with Crippen molar-refractivity contribution in [2.75, 3.05) is 19.6 Å². The van der Waals surface area contributed by atoms with Gasteiger partial charge in [-0.15, -0.1) is 11.3 Å². The Hall–Kier alpha value is -2.72. The molecule has 2 fully saturated rings. The molecule has 0 unspecified atom stereocenters. The summed E-state index contributed by atoms with van der Waals surface area (Å²) < 4.78 is 40.4. The smallest absolute Gasteiger partial charge is 0.302 e. The maximum absolute atomic E-state index is 13.0. The van der Waals surface area contributed by atoms with Crippen LogP contribution in [0.25, 0.3) is 10.6 Å². The molecule has 1 saturated carbocycles. The minimum absolute atomic E-state index is 0.0906. The van der Waals surface area contributed by atoms with Crippen LogP contribution in [0.15, 0.2) is 40.1 Å². The van der Waals surface area contributed by atoms with Crippen LogP contribution >= 0.6 is 11.3 Å². The number of alkyl halides is 3. The molecule has 186 valence electrons. The predicted octanol–water partition coefficient (Wildman–Crippen LogP) is 4.21. The molecule has 1 aliphatic carbocycles. The summed E-state index contributed by atoms with van der Waals surface area (Å²) in [6.45, 7) is 8.92. The Morgan fingerprint density at radius 3 is 2.51 bits per heavy atom. The van der Waals surface area contributed by atoms with Gasteiger partial charge in [-0.1, -0.05) is 19.1 Å². The Morgan fingerprint density at radius 2 is 1.89 bits per heavy atom. The summed E-state index contributed by atoms with van der Waals surface area (Å²) in [6, 6.07) is 5.62. The summed E-state index contributed by atoms with van der Waals surface area (Å²) in [5.41, 5.74) is 0.642. The van der Waals surface area contributed by atoms with Gasteiger partial charge in [-0.25, -0.2) is 9.78 Å². The van der Waals surface area contributed by atoms with Crippen molar-refractivity contribution >= 4 is 11.3 Å². The number of nitrogens with zero attached hydrogens (tertiary/aromatic N) is 3. The molecule has 0 amide bonds. The van der Waals surface area contributed by atoms with Crippen LogP contribution in [-0.2, 0) is 18.1 Å². The zero-order valence-corrected chi connectivity index (χ0v) is 20.6. The predicted molar refractivity (Wildman–Crippen MR) is 129 cm³/mol. The number of likely N-dealkylation sites (tertiary alicyclic amines) is 1. The number of halogens is 3. The molecule has 5 rings (SSSR count). The molecule has 0 radical (unpaired) electrons. The van der Waals surface area contributed by atoms with Gasteiger partial charge in [0.1, 0.15) is 5.01 Å². The molecule has 0 bridgehead atoms. The van der Waals surface area contributed by atoms with E-state index in [0.717, 1.165) is 35.8 Å². The topological polar surface area (TPSA) is 71.0 Å². The number of aromatic nitrogens is 3. The molecular weight excluding hydrogens is 477 g/mol. The number of fused-ring (bicyclic) bond motifs is 1. The Kier molecular flexibility index (Phi) is 5.79. The summed E-state index contributed by atoms with van der Waals surface area (Å²) in [5, 5.41) is 0.599. The van der Waals surface area contributed by atoms with Crippen molar-refractivity contribution < 1.29 is 13.2 Å². The van der Waals surface area contributed by atoms with Crippen molar-refractivity contribution in [3.8, 4) is 10.6 Å². The number of H-pyrrole nitrogens is 1. The minimum Gasteiger partial charge on any atom is -0.302 e. The molecule has 1 N–H and O–H groups in total. The van der Waals surface area contributed by atoms with Crippen molar-refractivity contribution in [3.63, 3.8) is 0 Å². The number of aromatic amines is 1. The maximum atomic E-state index is 13.0. The maximum Gasteiger partial charge on any atom is 0.416 e. The fraction of sp³-hybridized carbons (Fsp3) is 0.480. The van der Waals surface area contributed by atoms with Gasteiger partial charge >= 0.3 is 11.9 Å². The largest absolute Gasteiger partial charge is 0.416 e. The summed E-state index contributed by atoms with van der Waals surface area (Å²) in [5.74, 6) is 0.864. The van der Waals surface area contributed by atoms with E-state index >= 15 is 0 Å². The number of rotatable bonds is 6. The van der Waals surface area contributed by atoms with E-state index in [1.807, 2.05) is 13.8 Å². The van der Waals surface area contributed by atoms with Crippen molar-refractivity contribution in [3.05, 3.63) is 73.0 Å². The molecule has 6 nitrogen and oxygen atoms in total. The molecule has 2 aromatic heterocycles. The summed E-state index contributed by atoms with van der Waals surface area (Å²) in [6.07, 6.45) is -2.03. The first-order valence-electron chi connectivity index (χ1n) is 11.7. The average molecular weight is 505 g/mol. The first-order chi connectivity index (χ1) is 16.5. The van der Waals surface area contributed by atoms with Gasteiger partial charge in [0.05, 0.1) is 16.8 Å². The van der Waals surface area contributed by atoms with Crippen LogP contribution in [0.4, 0.5) is 13.2 Å². The first-order valence-corrected chi connectivity index (χ1v) is 12.5. The Labute approximate surface area is 204 Å². The number of hydrogen-bond acceptors (Lipinski definition) is 5. The molecule has 35 heavy (non-hydrogen) atoms. The number of piperidine rings is 1. The third-order valence-electron chi connectivity index (χ3n) is 7.80. The van der Waals surface area contributed by atoms with E-state index in [-0.39, 0.29) is 5.41 Å². The van der Waals surface area contributed by atoms with E-state index in [2.05, 4.69) is 21.8 Å². The van der Waals surface area contributed by atoms with Crippen molar-refractivity contribution in [1.82, 2.24) is 19.4 Å². The van der Waals surface area contributed by atoms with Crippen LogP contribution in [0, 0.1) is 25.7 Å². The fourth-order valence-corrected chi connectivity index (χ4v) is 6.53. The van der Waals surface area contributed by atoms with E-state index in [1.54, 1.807) is 18.3 Å². The highest BCUT2D eigenvalue weighted by Crippen LogP contribution is 2.63. The van der Waals surface area contributed by atoms with E-state index in [0.29, 0.717) is 35.4 Å². The van der Waals surface area contributed by atoms with Crippen LogP contribution in [0.1, 0.15) is 35.0 Å².